The van der Waals surface area contributed by atoms with Crippen molar-refractivity contribution in [1.29, 1.82) is 0 Å². The monoisotopic (exact) mass is 284 g/mol. The molecule has 0 radical (unpaired) electrons. The minimum Gasteiger partial charge on any atom is -0.491 e. The van der Waals surface area contributed by atoms with E-state index in [1.807, 2.05) is 6.92 Å². The van der Waals surface area contributed by atoms with Crippen LogP contribution in [0.15, 0.2) is 17.0 Å². The molecule has 0 saturated heterocycles. The lowest BCUT2D eigenvalue weighted by Gasteiger charge is -2.24. The first-order valence-corrected chi connectivity index (χ1v) is 7.58. The first-order chi connectivity index (χ1) is 8.91. The van der Waals surface area contributed by atoms with Crippen molar-refractivity contribution in [3.05, 3.63) is 23.3 Å². The Hall–Kier alpha value is -1.56. The van der Waals surface area contributed by atoms with Crippen molar-refractivity contribution in [3.8, 4) is 5.75 Å². The van der Waals surface area contributed by atoms with E-state index in [9.17, 15) is 13.2 Å². The number of carbonyl (C=O) groups excluding carboxylic acids is 1. The second kappa shape index (κ2) is 4.85. The zero-order valence-electron chi connectivity index (χ0n) is 11.1. The predicted molar refractivity (Wildman–Crippen MR) is 69.3 cm³/mol. The van der Waals surface area contributed by atoms with E-state index in [2.05, 4.69) is 0 Å². The zero-order chi connectivity index (χ0) is 14.2. The molecule has 1 aromatic carbocycles. The van der Waals surface area contributed by atoms with Gasteiger partial charge < -0.3 is 9.47 Å². The summed E-state index contributed by atoms with van der Waals surface area (Å²) in [7, 11) is -2.17. The third kappa shape index (κ3) is 2.20. The fourth-order valence-corrected chi connectivity index (χ4v) is 3.40. The van der Waals surface area contributed by atoms with Crippen molar-refractivity contribution in [2.75, 3.05) is 13.7 Å². The largest absolute Gasteiger partial charge is 0.491 e. The summed E-state index contributed by atoms with van der Waals surface area (Å²) >= 11 is 0. The molecular formula is C13H16O5S. The van der Waals surface area contributed by atoms with Gasteiger partial charge in [-0.1, -0.05) is 6.92 Å². The lowest BCUT2D eigenvalue weighted by molar-refractivity contribution is 0.0599. The van der Waals surface area contributed by atoms with Crippen molar-refractivity contribution in [3.63, 3.8) is 0 Å². The van der Waals surface area contributed by atoms with Gasteiger partial charge in [-0.3, -0.25) is 0 Å². The van der Waals surface area contributed by atoms with Crippen LogP contribution < -0.4 is 4.74 Å². The van der Waals surface area contributed by atoms with Crippen LogP contribution in [0.2, 0.25) is 0 Å². The molecule has 6 heteroatoms. The molecule has 2 rings (SSSR count). The van der Waals surface area contributed by atoms with Crippen molar-refractivity contribution in [2.24, 2.45) is 0 Å². The number of carbonyl (C=O) groups is 1. The summed E-state index contributed by atoms with van der Waals surface area (Å²) in [5, 5.41) is -0.613. The molecule has 1 aromatic rings. The maximum Gasteiger partial charge on any atom is 0.338 e. The molecule has 1 unspecified atom stereocenters. The standard InChI is InChI=1S/C13H16O5S/c1-4-9-5-11-12(6-10(9)13(14)17-3)19(15,16)8(2)7-18-11/h5-6,8H,4,7H2,1-3H3. The van der Waals surface area contributed by atoms with Crippen LogP contribution in [-0.2, 0) is 21.0 Å². The molecule has 0 amide bonds. The fraction of sp³-hybridized carbons (Fsp3) is 0.462. The summed E-state index contributed by atoms with van der Waals surface area (Å²) in [6.07, 6.45) is 0.594. The number of aryl methyl sites for hydroxylation is 1. The van der Waals surface area contributed by atoms with Gasteiger partial charge in [0.15, 0.2) is 9.84 Å². The lowest BCUT2D eigenvalue weighted by Crippen LogP contribution is -2.30. The van der Waals surface area contributed by atoms with Crippen molar-refractivity contribution in [1.82, 2.24) is 0 Å². The highest BCUT2D eigenvalue weighted by molar-refractivity contribution is 7.92. The van der Waals surface area contributed by atoms with Crippen LogP contribution in [0, 0.1) is 0 Å². The van der Waals surface area contributed by atoms with Crippen molar-refractivity contribution in [2.45, 2.75) is 30.4 Å². The van der Waals surface area contributed by atoms with E-state index in [1.54, 1.807) is 13.0 Å². The second-order valence-corrected chi connectivity index (χ2v) is 6.80. The molecule has 0 saturated carbocycles. The average Bonchev–Trinajstić information content (AvgIpc) is 2.41. The van der Waals surface area contributed by atoms with Crippen LogP contribution in [-0.4, -0.2) is 33.4 Å². The molecule has 1 aliphatic rings. The minimum absolute atomic E-state index is 0.0730. The van der Waals surface area contributed by atoms with E-state index in [0.717, 1.165) is 5.56 Å². The summed E-state index contributed by atoms with van der Waals surface area (Å²) in [6.45, 7) is 3.61. The van der Waals surface area contributed by atoms with Gasteiger partial charge in [0.1, 0.15) is 17.3 Å². The first kappa shape index (κ1) is 13.9. The Morgan fingerprint density at radius 2 is 2.16 bits per heavy atom. The highest BCUT2D eigenvalue weighted by atomic mass is 32.2. The highest BCUT2D eigenvalue weighted by Gasteiger charge is 2.33. The molecule has 1 heterocycles. The van der Waals surface area contributed by atoms with E-state index >= 15 is 0 Å². The average molecular weight is 284 g/mol. The summed E-state index contributed by atoms with van der Waals surface area (Å²) in [4.78, 5) is 11.8. The van der Waals surface area contributed by atoms with Gasteiger partial charge in [0, 0.05) is 0 Å². The van der Waals surface area contributed by atoms with E-state index < -0.39 is 21.1 Å². The Labute approximate surface area is 112 Å². The SMILES string of the molecule is CCc1cc2c(cc1C(=O)OC)S(=O)(=O)C(C)CO2. The fourth-order valence-electron chi connectivity index (χ4n) is 2.04. The maximum atomic E-state index is 12.2. The topological polar surface area (TPSA) is 69.7 Å². The number of hydrogen-bond acceptors (Lipinski definition) is 5. The van der Waals surface area contributed by atoms with Crippen LogP contribution in [0.5, 0.6) is 5.75 Å². The zero-order valence-corrected chi connectivity index (χ0v) is 11.9. The number of benzene rings is 1. The van der Waals surface area contributed by atoms with Crippen LogP contribution in [0.4, 0.5) is 0 Å². The number of hydrogen-bond donors (Lipinski definition) is 0. The van der Waals surface area contributed by atoms with Gasteiger partial charge in [-0.25, -0.2) is 13.2 Å². The molecule has 0 aromatic heterocycles. The number of methoxy groups -OCH3 is 1. The van der Waals surface area contributed by atoms with Crippen molar-refractivity contribution < 1.29 is 22.7 Å². The molecule has 0 fully saturated rings. The summed E-state index contributed by atoms with van der Waals surface area (Å²) < 4.78 is 34.6. The molecule has 0 N–H and O–H groups in total. The minimum atomic E-state index is -3.44. The van der Waals surface area contributed by atoms with E-state index in [1.165, 1.54) is 13.2 Å². The van der Waals surface area contributed by atoms with Crippen LogP contribution in [0.1, 0.15) is 29.8 Å². The van der Waals surface area contributed by atoms with Gasteiger partial charge in [0.25, 0.3) is 0 Å². The van der Waals surface area contributed by atoms with Gasteiger partial charge >= 0.3 is 5.97 Å². The van der Waals surface area contributed by atoms with E-state index in [4.69, 9.17) is 9.47 Å². The molecule has 0 bridgehead atoms. The smallest absolute Gasteiger partial charge is 0.338 e. The Bertz CT molecular complexity index is 618. The van der Waals surface area contributed by atoms with Gasteiger partial charge in [-0.05, 0) is 31.0 Å². The molecule has 1 aliphatic heterocycles. The third-order valence-corrected chi connectivity index (χ3v) is 5.39. The van der Waals surface area contributed by atoms with Crippen molar-refractivity contribution >= 4 is 15.8 Å². The quantitative estimate of drug-likeness (QED) is 0.771. The Morgan fingerprint density at radius 1 is 1.47 bits per heavy atom. The highest BCUT2D eigenvalue weighted by Crippen LogP contribution is 2.34. The molecule has 0 aliphatic carbocycles. The number of rotatable bonds is 2. The van der Waals surface area contributed by atoms with E-state index in [0.29, 0.717) is 12.2 Å². The number of fused-ring (bicyclic) bond motifs is 1. The van der Waals surface area contributed by atoms with Gasteiger partial charge in [-0.2, -0.15) is 0 Å². The summed E-state index contributed by atoms with van der Waals surface area (Å²) in [6, 6.07) is 2.98. The number of esters is 1. The summed E-state index contributed by atoms with van der Waals surface area (Å²) in [5.74, 6) is -0.212. The normalized spacial score (nSPS) is 20.3. The molecular weight excluding hydrogens is 268 g/mol. The molecule has 0 spiro atoms. The number of ether oxygens (including phenoxy) is 2. The van der Waals surface area contributed by atoms with Crippen LogP contribution >= 0.6 is 0 Å². The summed E-state index contributed by atoms with van der Waals surface area (Å²) in [5.41, 5.74) is 1.00. The molecule has 1 atom stereocenters. The number of sulfone groups is 1. The Morgan fingerprint density at radius 3 is 2.74 bits per heavy atom. The molecule has 104 valence electrons. The molecule has 5 nitrogen and oxygen atoms in total. The van der Waals surface area contributed by atoms with Crippen LogP contribution in [0.3, 0.4) is 0 Å². The van der Waals surface area contributed by atoms with Crippen LogP contribution in [0.25, 0.3) is 0 Å². The first-order valence-electron chi connectivity index (χ1n) is 6.03. The van der Waals surface area contributed by atoms with Gasteiger partial charge in [0.05, 0.1) is 17.9 Å². The van der Waals surface area contributed by atoms with E-state index in [-0.39, 0.29) is 17.1 Å². The third-order valence-electron chi connectivity index (χ3n) is 3.27. The van der Waals surface area contributed by atoms with Gasteiger partial charge in [-0.15, -0.1) is 0 Å². The Kier molecular flexibility index (Phi) is 3.54. The predicted octanol–water partition coefficient (Wildman–Crippen LogP) is 1.59. The van der Waals surface area contributed by atoms with Gasteiger partial charge in [0.2, 0.25) is 0 Å². The second-order valence-electron chi connectivity index (χ2n) is 4.47. The lowest BCUT2D eigenvalue weighted by atomic mass is 10.0. The molecule has 19 heavy (non-hydrogen) atoms. The Balaban J connectivity index is 2.68. The maximum absolute atomic E-state index is 12.2.